The molecule has 3 aromatic rings. The highest BCUT2D eigenvalue weighted by molar-refractivity contribution is 5.78. The molecule has 110 valence electrons. The molecule has 0 spiro atoms. The van der Waals surface area contributed by atoms with E-state index in [9.17, 15) is 4.79 Å². The molecular formula is C17H15N3O2. The van der Waals surface area contributed by atoms with Crippen LogP contribution in [0.25, 0.3) is 11.3 Å². The predicted octanol–water partition coefficient (Wildman–Crippen LogP) is 2.60. The van der Waals surface area contributed by atoms with Crippen LogP contribution in [0.4, 0.5) is 0 Å². The minimum atomic E-state index is -0.100. The Hall–Kier alpha value is -2.95. The zero-order chi connectivity index (χ0) is 15.2. The molecule has 5 heteroatoms. The second-order valence-corrected chi connectivity index (χ2v) is 4.86. The number of rotatable bonds is 5. The fourth-order valence-electron chi connectivity index (χ4n) is 2.06. The number of hydrogen-bond donors (Lipinski definition) is 1. The van der Waals surface area contributed by atoms with Crippen molar-refractivity contribution in [2.45, 2.75) is 13.0 Å². The highest BCUT2D eigenvalue weighted by atomic mass is 16.5. The Morgan fingerprint density at radius 2 is 2.00 bits per heavy atom. The van der Waals surface area contributed by atoms with Crippen LogP contribution in [0.15, 0.2) is 65.4 Å². The van der Waals surface area contributed by atoms with E-state index in [1.54, 1.807) is 18.5 Å². The fraction of sp³-hybridized carbons (Fsp3) is 0.118. The number of carbonyl (C=O) groups excluding carboxylic acids is 1. The molecule has 22 heavy (non-hydrogen) atoms. The summed E-state index contributed by atoms with van der Waals surface area (Å²) in [5.74, 6) is 0.562. The van der Waals surface area contributed by atoms with E-state index in [4.69, 9.17) is 4.52 Å². The summed E-state index contributed by atoms with van der Waals surface area (Å²) in [6.45, 7) is 0.454. The molecule has 0 aliphatic heterocycles. The third-order valence-corrected chi connectivity index (χ3v) is 3.17. The topological polar surface area (TPSA) is 68.0 Å². The highest BCUT2D eigenvalue weighted by Crippen LogP contribution is 2.19. The number of amides is 1. The summed E-state index contributed by atoms with van der Waals surface area (Å²) in [6, 6.07) is 15.2. The van der Waals surface area contributed by atoms with Crippen LogP contribution in [-0.4, -0.2) is 16.0 Å². The molecule has 0 aliphatic rings. The van der Waals surface area contributed by atoms with Crippen LogP contribution >= 0.6 is 0 Å². The molecule has 0 aliphatic carbocycles. The van der Waals surface area contributed by atoms with Crippen molar-refractivity contribution in [1.82, 2.24) is 15.5 Å². The smallest absolute Gasteiger partial charge is 0.226 e. The molecule has 0 atom stereocenters. The van der Waals surface area contributed by atoms with Crippen LogP contribution in [0.5, 0.6) is 0 Å². The van der Waals surface area contributed by atoms with Crippen molar-refractivity contribution in [3.8, 4) is 11.3 Å². The van der Waals surface area contributed by atoms with E-state index < -0.39 is 0 Å². The van der Waals surface area contributed by atoms with Gasteiger partial charge in [0.05, 0.1) is 12.1 Å². The van der Waals surface area contributed by atoms with Gasteiger partial charge in [-0.25, -0.2) is 0 Å². The maximum Gasteiger partial charge on any atom is 0.226 e. The summed E-state index contributed by atoms with van der Waals surface area (Å²) in [7, 11) is 0. The number of nitrogens with zero attached hydrogens (tertiary/aromatic N) is 2. The van der Waals surface area contributed by atoms with Crippen molar-refractivity contribution in [2.24, 2.45) is 0 Å². The number of carbonyl (C=O) groups is 1. The van der Waals surface area contributed by atoms with Crippen molar-refractivity contribution >= 4 is 5.91 Å². The molecule has 2 aromatic heterocycles. The van der Waals surface area contributed by atoms with Gasteiger partial charge in [-0.2, -0.15) is 0 Å². The lowest BCUT2D eigenvalue weighted by atomic mass is 10.1. The molecule has 0 radical (unpaired) electrons. The lowest BCUT2D eigenvalue weighted by Crippen LogP contribution is -2.24. The summed E-state index contributed by atoms with van der Waals surface area (Å²) >= 11 is 0. The standard InChI is InChI=1S/C17H15N3O2/c21-17(19-12-13-5-4-8-18-11-13)10-15-9-16(22-20-15)14-6-2-1-3-7-14/h1-9,11H,10,12H2,(H,19,21). The van der Waals surface area contributed by atoms with Gasteiger partial charge in [-0.15, -0.1) is 0 Å². The third kappa shape index (κ3) is 3.58. The van der Waals surface area contributed by atoms with Gasteiger partial charge in [-0.05, 0) is 11.6 Å². The SMILES string of the molecule is O=C(Cc1cc(-c2ccccc2)on1)NCc1cccnc1. The number of hydrogen-bond acceptors (Lipinski definition) is 4. The number of nitrogens with one attached hydrogen (secondary N) is 1. The van der Waals surface area contributed by atoms with E-state index in [1.807, 2.05) is 42.5 Å². The quantitative estimate of drug-likeness (QED) is 0.785. The Kier molecular flexibility index (Phi) is 4.25. The Morgan fingerprint density at radius 1 is 1.14 bits per heavy atom. The van der Waals surface area contributed by atoms with Crippen molar-refractivity contribution in [2.75, 3.05) is 0 Å². The zero-order valence-corrected chi connectivity index (χ0v) is 11.9. The van der Waals surface area contributed by atoms with Crippen LogP contribution in [-0.2, 0) is 17.8 Å². The average molecular weight is 293 g/mol. The van der Waals surface area contributed by atoms with Gasteiger partial charge in [-0.1, -0.05) is 41.6 Å². The van der Waals surface area contributed by atoms with Gasteiger partial charge in [0.2, 0.25) is 5.91 Å². The van der Waals surface area contributed by atoms with Crippen LogP contribution in [0, 0.1) is 0 Å². The first-order valence-corrected chi connectivity index (χ1v) is 6.98. The molecule has 1 aromatic carbocycles. The highest BCUT2D eigenvalue weighted by Gasteiger charge is 2.10. The van der Waals surface area contributed by atoms with Crippen molar-refractivity contribution in [1.29, 1.82) is 0 Å². The Labute approximate surface area is 128 Å². The van der Waals surface area contributed by atoms with Gasteiger partial charge < -0.3 is 9.84 Å². The largest absolute Gasteiger partial charge is 0.356 e. The molecule has 0 bridgehead atoms. The summed E-state index contributed by atoms with van der Waals surface area (Å²) in [5.41, 5.74) is 2.51. The molecule has 0 unspecified atom stereocenters. The second-order valence-electron chi connectivity index (χ2n) is 4.86. The van der Waals surface area contributed by atoms with E-state index in [2.05, 4.69) is 15.5 Å². The first-order valence-electron chi connectivity index (χ1n) is 6.98. The van der Waals surface area contributed by atoms with Gasteiger partial charge in [-0.3, -0.25) is 9.78 Å². The third-order valence-electron chi connectivity index (χ3n) is 3.17. The van der Waals surface area contributed by atoms with Gasteiger partial charge >= 0.3 is 0 Å². The first-order chi connectivity index (χ1) is 10.8. The second kappa shape index (κ2) is 6.67. The predicted molar refractivity (Wildman–Crippen MR) is 81.7 cm³/mol. The minimum Gasteiger partial charge on any atom is -0.356 e. The van der Waals surface area contributed by atoms with Crippen LogP contribution in [0.3, 0.4) is 0 Å². The fourth-order valence-corrected chi connectivity index (χ4v) is 2.06. The van der Waals surface area contributed by atoms with E-state index >= 15 is 0 Å². The van der Waals surface area contributed by atoms with E-state index in [1.165, 1.54) is 0 Å². The van der Waals surface area contributed by atoms with Gasteiger partial charge in [0.1, 0.15) is 0 Å². The Balaban J connectivity index is 1.57. The average Bonchev–Trinajstić information content (AvgIpc) is 3.03. The first kappa shape index (κ1) is 14.0. The van der Waals surface area contributed by atoms with Gasteiger partial charge in [0.25, 0.3) is 0 Å². The molecule has 1 N–H and O–H groups in total. The van der Waals surface area contributed by atoms with Gasteiger partial charge in [0, 0.05) is 30.6 Å². The summed E-state index contributed by atoms with van der Waals surface area (Å²) in [6.07, 6.45) is 3.62. The molecule has 3 rings (SSSR count). The van der Waals surface area contributed by atoms with Crippen molar-refractivity contribution in [3.63, 3.8) is 0 Å². The summed E-state index contributed by atoms with van der Waals surface area (Å²) in [4.78, 5) is 15.9. The summed E-state index contributed by atoms with van der Waals surface area (Å²) in [5, 5.41) is 6.78. The lowest BCUT2D eigenvalue weighted by molar-refractivity contribution is -0.120. The van der Waals surface area contributed by atoms with E-state index in [-0.39, 0.29) is 12.3 Å². The molecular weight excluding hydrogens is 278 g/mol. The number of pyridine rings is 1. The lowest BCUT2D eigenvalue weighted by Gasteiger charge is -2.02. The molecule has 0 saturated heterocycles. The molecule has 1 amide bonds. The van der Waals surface area contributed by atoms with Crippen molar-refractivity contribution in [3.05, 3.63) is 72.2 Å². The van der Waals surface area contributed by atoms with Crippen molar-refractivity contribution < 1.29 is 9.32 Å². The van der Waals surface area contributed by atoms with Crippen LogP contribution < -0.4 is 5.32 Å². The molecule has 0 saturated carbocycles. The van der Waals surface area contributed by atoms with Gasteiger partial charge in [0.15, 0.2) is 5.76 Å². The Morgan fingerprint density at radius 3 is 2.77 bits per heavy atom. The van der Waals surface area contributed by atoms with E-state index in [0.717, 1.165) is 11.1 Å². The van der Waals surface area contributed by atoms with Crippen LogP contribution in [0.2, 0.25) is 0 Å². The number of aromatic nitrogens is 2. The maximum absolute atomic E-state index is 11.9. The monoisotopic (exact) mass is 293 g/mol. The van der Waals surface area contributed by atoms with Crippen LogP contribution in [0.1, 0.15) is 11.3 Å². The Bertz CT molecular complexity index is 739. The molecule has 5 nitrogen and oxygen atoms in total. The summed E-state index contributed by atoms with van der Waals surface area (Å²) < 4.78 is 5.27. The maximum atomic E-state index is 11.9. The van der Waals surface area contributed by atoms with E-state index in [0.29, 0.717) is 18.0 Å². The number of benzene rings is 1. The zero-order valence-electron chi connectivity index (χ0n) is 11.9. The minimum absolute atomic E-state index is 0.100. The normalized spacial score (nSPS) is 10.4. The molecule has 2 heterocycles. The molecule has 0 fully saturated rings.